The van der Waals surface area contributed by atoms with Gasteiger partial charge in [0.25, 0.3) is 0 Å². The monoisotopic (exact) mass is 258 g/mol. The quantitative estimate of drug-likeness (QED) is 0.730. The van der Waals surface area contributed by atoms with Crippen molar-refractivity contribution in [1.82, 2.24) is 20.1 Å². The molecule has 1 rings (SSSR count). The van der Waals surface area contributed by atoms with Gasteiger partial charge < -0.3 is 5.32 Å². The Morgan fingerprint density at radius 1 is 1.47 bits per heavy atom. The third-order valence-corrected chi connectivity index (χ3v) is 3.70. The predicted molar refractivity (Wildman–Crippen MR) is 71.7 cm³/mol. The van der Waals surface area contributed by atoms with Crippen LogP contribution in [0.25, 0.3) is 0 Å². The van der Waals surface area contributed by atoms with Gasteiger partial charge in [0.15, 0.2) is 5.16 Å². The maximum Gasteiger partial charge on any atom is 0.344 e. The highest BCUT2D eigenvalue weighted by molar-refractivity contribution is 7.99. The van der Waals surface area contributed by atoms with Crippen molar-refractivity contribution in [3.05, 3.63) is 10.5 Å². The van der Waals surface area contributed by atoms with E-state index in [4.69, 9.17) is 0 Å². The summed E-state index contributed by atoms with van der Waals surface area (Å²) in [5.41, 5.74) is -0.126. The van der Waals surface area contributed by atoms with Crippen molar-refractivity contribution in [1.29, 1.82) is 0 Å². The average molecular weight is 258 g/mol. The lowest BCUT2D eigenvalue weighted by molar-refractivity contribution is 0.530. The highest BCUT2D eigenvalue weighted by atomic mass is 32.2. The minimum absolute atomic E-state index is 0.126. The predicted octanol–water partition coefficient (Wildman–Crippen LogP) is 1.63. The van der Waals surface area contributed by atoms with Gasteiger partial charge in [0.05, 0.1) is 0 Å². The van der Waals surface area contributed by atoms with Gasteiger partial charge in [0.2, 0.25) is 0 Å². The Hall–Kier alpha value is -0.750. The van der Waals surface area contributed by atoms with Gasteiger partial charge in [-0.05, 0) is 26.8 Å². The van der Waals surface area contributed by atoms with Gasteiger partial charge in [-0.15, -0.1) is 5.10 Å². The van der Waals surface area contributed by atoms with Gasteiger partial charge >= 0.3 is 5.69 Å². The SMILES string of the molecule is CCNC(CC)CSc1n[nH]c(=O)n1C(C)C. The van der Waals surface area contributed by atoms with E-state index in [0.717, 1.165) is 23.9 Å². The molecule has 0 aliphatic rings. The van der Waals surface area contributed by atoms with Crippen LogP contribution in [0, 0.1) is 0 Å². The summed E-state index contributed by atoms with van der Waals surface area (Å²) in [6.07, 6.45) is 1.08. The van der Waals surface area contributed by atoms with Crippen LogP contribution in [0.3, 0.4) is 0 Å². The van der Waals surface area contributed by atoms with E-state index in [0.29, 0.717) is 6.04 Å². The molecule has 0 bridgehead atoms. The van der Waals surface area contributed by atoms with Crippen LogP contribution in [-0.4, -0.2) is 33.1 Å². The molecule has 0 aliphatic heterocycles. The molecule has 0 aromatic carbocycles. The molecule has 0 radical (unpaired) electrons. The molecule has 0 spiro atoms. The molecule has 6 heteroatoms. The van der Waals surface area contributed by atoms with Crippen molar-refractivity contribution in [2.24, 2.45) is 0 Å². The fourth-order valence-corrected chi connectivity index (χ4v) is 2.88. The molecule has 1 atom stereocenters. The molecule has 0 amide bonds. The first kappa shape index (κ1) is 14.3. The molecule has 17 heavy (non-hydrogen) atoms. The number of rotatable bonds is 7. The maximum absolute atomic E-state index is 11.5. The van der Waals surface area contributed by atoms with E-state index in [1.165, 1.54) is 0 Å². The fraction of sp³-hybridized carbons (Fsp3) is 0.818. The number of aromatic nitrogens is 3. The molecule has 0 fully saturated rings. The number of H-pyrrole nitrogens is 1. The molecule has 1 aromatic heterocycles. The zero-order valence-electron chi connectivity index (χ0n) is 11.0. The molecule has 5 nitrogen and oxygen atoms in total. The van der Waals surface area contributed by atoms with Gasteiger partial charge in [-0.1, -0.05) is 25.6 Å². The van der Waals surface area contributed by atoms with E-state index in [2.05, 4.69) is 29.4 Å². The molecular weight excluding hydrogens is 236 g/mol. The van der Waals surface area contributed by atoms with Crippen molar-refractivity contribution in [3.63, 3.8) is 0 Å². The number of nitrogens with one attached hydrogen (secondary N) is 2. The molecule has 0 aliphatic carbocycles. The van der Waals surface area contributed by atoms with Crippen LogP contribution in [0.1, 0.15) is 40.2 Å². The summed E-state index contributed by atoms with van der Waals surface area (Å²) < 4.78 is 1.70. The highest BCUT2D eigenvalue weighted by Crippen LogP contribution is 2.18. The van der Waals surface area contributed by atoms with E-state index in [1.54, 1.807) is 16.3 Å². The zero-order chi connectivity index (χ0) is 12.8. The van der Waals surface area contributed by atoms with E-state index in [1.807, 2.05) is 13.8 Å². The zero-order valence-corrected chi connectivity index (χ0v) is 11.8. The largest absolute Gasteiger partial charge is 0.344 e. The van der Waals surface area contributed by atoms with Crippen LogP contribution < -0.4 is 11.0 Å². The standard InChI is InChI=1S/C11H22N4OS/c1-5-9(12-6-2)7-17-11-14-13-10(16)15(11)8(3)4/h8-9,12H,5-7H2,1-4H3,(H,13,16). The molecule has 1 unspecified atom stereocenters. The second kappa shape index (κ2) is 6.86. The maximum atomic E-state index is 11.5. The van der Waals surface area contributed by atoms with Crippen molar-refractivity contribution in [2.75, 3.05) is 12.3 Å². The number of aromatic amines is 1. The van der Waals surface area contributed by atoms with Gasteiger partial charge in [-0.2, -0.15) is 0 Å². The fourth-order valence-electron chi connectivity index (χ4n) is 1.63. The van der Waals surface area contributed by atoms with Crippen molar-refractivity contribution in [3.8, 4) is 0 Å². The first-order valence-corrected chi connectivity index (χ1v) is 7.11. The lowest BCUT2D eigenvalue weighted by atomic mass is 10.2. The number of hydrogen-bond acceptors (Lipinski definition) is 4. The topological polar surface area (TPSA) is 62.7 Å². The summed E-state index contributed by atoms with van der Waals surface area (Å²) in [5.74, 6) is 0.932. The smallest absolute Gasteiger partial charge is 0.313 e. The summed E-state index contributed by atoms with van der Waals surface area (Å²) in [5, 5.41) is 10.8. The Kier molecular flexibility index (Phi) is 5.77. The average Bonchev–Trinajstić information content (AvgIpc) is 2.65. The molecular formula is C11H22N4OS. The van der Waals surface area contributed by atoms with Gasteiger partial charge in [-0.25, -0.2) is 9.89 Å². The first-order chi connectivity index (χ1) is 8.10. The second-order valence-electron chi connectivity index (χ2n) is 4.25. The second-order valence-corrected chi connectivity index (χ2v) is 5.24. The summed E-state index contributed by atoms with van der Waals surface area (Å²) in [6.45, 7) is 9.21. The Bertz CT molecular complexity index is 385. The van der Waals surface area contributed by atoms with Crippen LogP contribution >= 0.6 is 11.8 Å². The minimum atomic E-state index is -0.126. The summed E-state index contributed by atoms with van der Waals surface area (Å²) >= 11 is 1.63. The first-order valence-electron chi connectivity index (χ1n) is 6.13. The van der Waals surface area contributed by atoms with Crippen LogP contribution in [-0.2, 0) is 0 Å². The Labute approximate surface area is 106 Å². The minimum Gasteiger partial charge on any atom is -0.313 e. The van der Waals surface area contributed by atoms with E-state index >= 15 is 0 Å². The van der Waals surface area contributed by atoms with E-state index < -0.39 is 0 Å². The van der Waals surface area contributed by atoms with Crippen molar-refractivity contribution >= 4 is 11.8 Å². The highest BCUT2D eigenvalue weighted by Gasteiger charge is 2.13. The Morgan fingerprint density at radius 3 is 2.71 bits per heavy atom. The number of hydrogen-bond donors (Lipinski definition) is 2. The van der Waals surface area contributed by atoms with Crippen LogP contribution in [0.5, 0.6) is 0 Å². The van der Waals surface area contributed by atoms with Crippen LogP contribution in [0.4, 0.5) is 0 Å². The molecule has 0 saturated heterocycles. The van der Waals surface area contributed by atoms with Gasteiger partial charge in [0.1, 0.15) is 0 Å². The van der Waals surface area contributed by atoms with Crippen LogP contribution in [0.15, 0.2) is 9.95 Å². The van der Waals surface area contributed by atoms with E-state index in [-0.39, 0.29) is 11.7 Å². The summed E-state index contributed by atoms with van der Waals surface area (Å²) in [7, 11) is 0. The van der Waals surface area contributed by atoms with Gasteiger partial charge in [0, 0.05) is 17.8 Å². The summed E-state index contributed by atoms with van der Waals surface area (Å²) in [4.78, 5) is 11.5. The summed E-state index contributed by atoms with van der Waals surface area (Å²) in [6, 6.07) is 0.611. The van der Waals surface area contributed by atoms with Gasteiger partial charge in [-0.3, -0.25) is 4.57 Å². The number of nitrogens with zero attached hydrogens (tertiary/aromatic N) is 2. The molecule has 98 valence electrons. The molecule has 0 saturated carbocycles. The van der Waals surface area contributed by atoms with Crippen molar-refractivity contribution < 1.29 is 0 Å². The van der Waals surface area contributed by atoms with E-state index in [9.17, 15) is 4.79 Å². The lowest BCUT2D eigenvalue weighted by Gasteiger charge is -2.15. The normalized spacial score (nSPS) is 13.2. The lowest BCUT2D eigenvalue weighted by Crippen LogP contribution is -2.30. The molecule has 1 aromatic rings. The van der Waals surface area contributed by atoms with Crippen LogP contribution in [0.2, 0.25) is 0 Å². The third-order valence-electron chi connectivity index (χ3n) is 2.59. The Balaban J connectivity index is 2.65. The van der Waals surface area contributed by atoms with Crippen molar-refractivity contribution in [2.45, 2.75) is 51.4 Å². The molecule has 1 heterocycles. The number of thioether (sulfide) groups is 1. The third kappa shape index (κ3) is 3.89. The molecule has 2 N–H and O–H groups in total. The Morgan fingerprint density at radius 2 is 2.18 bits per heavy atom.